The molecule has 2 atom stereocenters. The van der Waals surface area contributed by atoms with E-state index >= 15 is 0 Å². The molecule has 0 aromatic carbocycles. The third-order valence-corrected chi connectivity index (χ3v) is 2.67. The Bertz CT molecular complexity index is 459. The van der Waals surface area contributed by atoms with Gasteiger partial charge in [0, 0.05) is 13.3 Å². The molecule has 0 bridgehead atoms. The van der Waals surface area contributed by atoms with E-state index in [1.54, 1.807) is 33.1 Å². The first-order valence-corrected chi connectivity index (χ1v) is 6.06. The van der Waals surface area contributed by atoms with Crippen LogP contribution in [0.1, 0.15) is 13.8 Å². The number of nitrogens with one attached hydrogen (secondary N) is 1. The number of aromatic amines is 1. The first kappa shape index (κ1) is 14.7. The Kier molecular flexibility index (Phi) is 5.37. The van der Waals surface area contributed by atoms with E-state index in [2.05, 4.69) is 4.98 Å². The fourth-order valence-electron chi connectivity index (χ4n) is 1.68. The molecular weight excluding hydrogens is 256 g/mol. The zero-order valence-electron chi connectivity index (χ0n) is 10.6. The summed E-state index contributed by atoms with van der Waals surface area (Å²) in [6, 6.07) is 2.98. The fraction of sp³-hybridized carbons (Fsp3) is 0.500. The number of methoxy groups -OCH3 is 1. The molecule has 1 amide bonds. The molecule has 100 valence electrons. The van der Waals surface area contributed by atoms with E-state index in [4.69, 9.17) is 16.3 Å². The third-order valence-electron chi connectivity index (χ3n) is 2.48. The zero-order valence-corrected chi connectivity index (χ0v) is 11.4. The van der Waals surface area contributed by atoms with Crippen LogP contribution in [-0.4, -0.2) is 36.0 Å². The third kappa shape index (κ3) is 3.34. The maximum atomic E-state index is 12.1. The summed E-state index contributed by atoms with van der Waals surface area (Å²) in [4.78, 5) is 27.8. The van der Waals surface area contributed by atoms with Crippen LogP contribution < -0.4 is 10.5 Å². The van der Waals surface area contributed by atoms with Gasteiger partial charge in [0.15, 0.2) is 0 Å². The Balaban J connectivity index is 3.16. The van der Waals surface area contributed by atoms with Crippen molar-refractivity contribution in [1.29, 1.82) is 0 Å². The summed E-state index contributed by atoms with van der Waals surface area (Å²) < 4.78 is 5.03. The van der Waals surface area contributed by atoms with Gasteiger partial charge in [-0.1, -0.05) is 0 Å². The van der Waals surface area contributed by atoms with E-state index in [-0.39, 0.29) is 23.2 Å². The molecule has 1 heterocycles. The van der Waals surface area contributed by atoms with Crippen molar-refractivity contribution in [2.45, 2.75) is 25.3 Å². The number of hydrogen-bond donors (Lipinski definition) is 1. The van der Waals surface area contributed by atoms with E-state index in [0.717, 1.165) is 0 Å². The molecule has 1 aromatic heterocycles. The highest BCUT2D eigenvalue weighted by molar-refractivity contribution is 6.32. The number of halogens is 1. The van der Waals surface area contributed by atoms with E-state index in [9.17, 15) is 9.59 Å². The van der Waals surface area contributed by atoms with Gasteiger partial charge in [-0.3, -0.25) is 9.59 Å². The van der Waals surface area contributed by atoms with Gasteiger partial charge in [0.25, 0.3) is 5.56 Å². The molecular formula is C12H17ClN2O3. The molecule has 1 N–H and O–H groups in total. The van der Waals surface area contributed by atoms with Crippen molar-refractivity contribution in [3.8, 4) is 0 Å². The van der Waals surface area contributed by atoms with Crippen molar-refractivity contribution in [1.82, 2.24) is 4.98 Å². The number of rotatable bonds is 5. The number of pyridine rings is 1. The minimum absolute atomic E-state index is 0.271. The first-order valence-electron chi connectivity index (χ1n) is 5.62. The van der Waals surface area contributed by atoms with Crippen molar-refractivity contribution in [2.75, 3.05) is 18.6 Å². The number of carbonyl (C=O) groups excluding carboxylic acids is 1. The van der Waals surface area contributed by atoms with Gasteiger partial charge in [0.05, 0.1) is 12.6 Å². The van der Waals surface area contributed by atoms with E-state index in [1.165, 1.54) is 11.1 Å². The van der Waals surface area contributed by atoms with Crippen LogP contribution in [0, 0.1) is 0 Å². The molecule has 0 saturated heterocycles. The summed E-state index contributed by atoms with van der Waals surface area (Å²) in [6.45, 7) is 3.70. The molecule has 0 aliphatic carbocycles. The van der Waals surface area contributed by atoms with Crippen LogP contribution >= 0.6 is 11.6 Å². The van der Waals surface area contributed by atoms with Gasteiger partial charge in [0.1, 0.15) is 11.1 Å². The number of hydrogen-bond acceptors (Lipinski definition) is 3. The Labute approximate surface area is 111 Å². The van der Waals surface area contributed by atoms with Gasteiger partial charge in [0.2, 0.25) is 5.91 Å². The summed E-state index contributed by atoms with van der Waals surface area (Å²) >= 11 is 5.83. The molecule has 0 spiro atoms. The number of nitrogens with zero attached hydrogens (tertiary/aromatic N) is 1. The molecule has 18 heavy (non-hydrogen) atoms. The van der Waals surface area contributed by atoms with Crippen LogP contribution in [0.15, 0.2) is 23.1 Å². The number of ether oxygens (including phenoxy) is 1. The highest BCUT2D eigenvalue weighted by Gasteiger charge is 2.26. The molecule has 0 fully saturated rings. The van der Waals surface area contributed by atoms with Gasteiger partial charge in [-0.2, -0.15) is 0 Å². The quantitative estimate of drug-likeness (QED) is 0.824. The SMILES string of the molecule is COCC(C)N(C(=O)C(C)Cl)c1ccc[nH]c1=O. The number of alkyl halides is 1. The van der Waals surface area contributed by atoms with Crippen LogP contribution in [0.3, 0.4) is 0 Å². The Hall–Kier alpha value is -1.33. The lowest BCUT2D eigenvalue weighted by Gasteiger charge is -2.29. The van der Waals surface area contributed by atoms with Crippen LogP contribution in [0.25, 0.3) is 0 Å². The van der Waals surface area contributed by atoms with Crippen LogP contribution in [0.5, 0.6) is 0 Å². The van der Waals surface area contributed by atoms with Crippen molar-refractivity contribution >= 4 is 23.2 Å². The molecule has 0 aliphatic rings. The van der Waals surface area contributed by atoms with Gasteiger partial charge < -0.3 is 14.6 Å². The minimum atomic E-state index is -0.705. The Morgan fingerprint density at radius 3 is 2.72 bits per heavy atom. The number of amides is 1. The predicted octanol–water partition coefficient (Wildman–Crippen LogP) is 1.37. The average molecular weight is 273 g/mol. The van der Waals surface area contributed by atoms with Gasteiger partial charge in [-0.15, -0.1) is 11.6 Å². The summed E-state index contributed by atoms with van der Waals surface area (Å²) in [6.07, 6.45) is 1.51. The van der Waals surface area contributed by atoms with E-state index in [0.29, 0.717) is 6.61 Å². The lowest BCUT2D eigenvalue weighted by molar-refractivity contribution is -0.118. The van der Waals surface area contributed by atoms with Crippen molar-refractivity contribution < 1.29 is 9.53 Å². The molecule has 1 rings (SSSR count). The molecule has 0 saturated carbocycles. The number of aromatic nitrogens is 1. The molecule has 2 unspecified atom stereocenters. The first-order chi connectivity index (χ1) is 8.49. The second-order valence-electron chi connectivity index (χ2n) is 4.01. The largest absolute Gasteiger partial charge is 0.383 e. The predicted molar refractivity (Wildman–Crippen MR) is 71.2 cm³/mol. The summed E-state index contributed by atoms with van der Waals surface area (Å²) in [5.41, 5.74) is -0.0503. The smallest absolute Gasteiger partial charge is 0.271 e. The van der Waals surface area contributed by atoms with Crippen LogP contribution in [-0.2, 0) is 9.53 Å². The van der Waals surface area contributed by atoms with Gasteiger partial charge in [-0.25, -0.2) is 0 Å². The minimum Gasteiger partial charge on any atom is -0.383 e. The Morgan fingerprint density at radius 2 is 2.22 bits per heavy atom. The number of H-pyrrole nitrogens is 1. The maximum Gasteiger partial charge on any atom is 0.271 e. The van der Waals surface area contributed by atoms with Crippen LogP contribution in [0.2, 0.25) is 0 Å². The van der Waals surface area contributed by atoms with Crippen molar-refractivity contribution in [3.05, 3.63) is 28.7 Å². The average Bonchev–Trinajstić information content (AvgIpc) is 2.32. The van der Waals surface area contributed by atoms with Crippen molar-refractivity contribution in [3.63, 3.8) is 0 Å². The summed E-state index contributed by atoms with van der Waals surface area (Å²) in [5.74, 6) is -0.321. The second-order valence-corrected chi connectivity index (χ2v) is 4.67. The number of carbonyl (C=O) groups is 1. The van der Waals surface area contributed by atoms with E-state index < -0.39 is 5.38 Å². The molecule has 0 radical (unpaired) electrons. The Morgan fingerprint density at radius 1 is 1.56 bits per heavy atom. The summed E-state index contributed by atoms with van der Waals surface area (Å²) in [5, 5.41) is -0.705. The highest BCUT2D eigenvalue weighted by Crippen LogP contribution is 2.15. The normalized spacial score (nSPS) is 14.0. The molecule has 5 nitrogen and oxygen atoms in total. The van der Waals surface area contributed by atoms with Gasteiger partial charge >= 0.3 is 0 Å². The van der Waals surface area contributed by atoms with Gasteiger partial charge in [-0.05, 0) is 26.0 Å². The lowest BCUT2D eigenvalue weighted by Crippen LogP contribution is -2.46. The standard InChI is InChI=1S/C12H17ClN2O3/c1-8(7-18-3)15(12(17)9(2)13)10-5-4-6-14-11(10)16/h4-6,8-9H,7H2,1-3H3,(H,14,16). The van der Waals surface area contributed by atoms with E-state index in [1.807, 2.05) is 0 Å². The maximum absolute atomic E-state index is 12.1. The monoisotopic (exact) mass is 272 g/mol. The molecule has 6 heteroatoms. The lowest BCUT2D eigenvalue weighted by atomic mass is 10.2. The topological polar surface area (TPSA) is 62.4 Å². The second kappa shape index (κ2) is 6.56. The fourth-order valence-corrected chi connectivity index (χ4v) is 1.79. The zero-order chi connectivity index (χ0) is 13.7. The number of anilines is 1. The van der Waals surface area contributed by atoms with Crippen molar-refractivity contribution in [2.24, 2.45) is 0 Å². The van der Waals surface area contributed by atoms with Crippen LogP contribution in [0.4, 0.5) is 5.69 Å². The highest BCUT2D eigenvalue weighted by atomic mass is 35.5. The molecule has 1 aromatic rings. The summed E-state index contributed by atoms with van der Waals surface area (Å²) in [7, 11) is 1.54. The molecule has 0 aliphatic heterocycles.